The second-order valence-electron chi connectivity index (χ2n) is 9.59. The molecule has 1 aliphatic heterocycles. The molecule has 8 nitrogen and oxygen atoms in total. The van der Waals surface area contributed by atoms with E-state index < -0.39 is 15.6 Å². The minimum Gasteiger partial charge on any atom is -0.386 e. The van der Waals surface area contributed by atoms with Crippen LogP contribution in [0.1, 0.15) is 37.8 Å². The van der Waals surface area contributed by atoms with Crippen LogP contribution in [0.5, 0.6) is 0 Å². The lowest BCUT2D eigenvalue weighted by Crippen LogP contribution is -2.23. The van der Waals surface area contributed by atoms with Crippen molar-refractivity contribution in [3.05, 3.63) is 60.0 Å². The minimum absolute atomic E-state index is 0.0559. The number of benzene rings is 1. The van der Waals surface area contributed by atoms with Crippen molar-refractivity contribution in [3.8, 4) is 11.3 Å². The van der Waals surface area contributed by atoms with Crippen LogP contribution in [0, 0.1) is 0 Å². The molecular formula is C24H27N5O3S. The zero-order valence-corrected chi connectivity index (χ0v) is 20.0. The van der Waals surface area contributed by atoms with Gasteiger partial charge in [0, 0.05) is 55.9 Å². The number of aromatic nitrogens is 3. The van der Waals surface area contributed by atoms with Crippen molar-refractivity contribution in [2.75, 3.05) is 25.5 Å². The zero-order valence-electron chi connectivity index (χ0n) is 19.1. The quantitative estimate of drug-likeness (QED) is 0.618. The number of anilines is 2. The van der Waals surface area contributed by atoms with Crippen LogP contribution in [0.25, 0.3) is 11.3 Å². The molecule has 0 bridgehead atoms. The fourth-order valence-electron chi connectivity index (χ4n) is 4.35. The fourth-order valence-corrected chi connectivity index (χ4v) is 5.27. The summed E-state index contributed by atoms with van der Waals surface area (Å²) in [6.07, 6.45) is 7.24. The standard InChI is InChI=1S/C24H27N5O3S/c1-23(2,30)17-7-10-25-20(11-17)16-13-26-22(27-14-16)29-15-24(8-9-24)19-6-5-18(12-21(19)29)33(31,32)28(3)4/h5-7,10-14,30H,8-9,15H2,1-4H3. The normalized spacial score (nSPS) is 17.0. The molecule has 1 fully saturated rings. The Bertz CT molecular complexity index is 1330. The predicted octanol–water partition coefficient (Wildman–Crippen LogP) is 3.20. The number of hydrogen-bond donors (Lipinski definition) is 1. The number of fused-ring (bicyclic) bond motifs is 2. The van der Waals surface area contributed by atoms with Gasteiger partial charge in [-0.05, 0) is 62.1 Å². The molecule has 172 valence electrons. The molecule has 33 heavy (non-hydrogen) atoms. The van der Waals surface area contributed by atoms with Gasteiger partial charge in [0.05, 0.1) is 16.2 Å². The lowest BCUT2D eigenvalue weighted by atomic mass is 9.98. The van der Waals surface area contributed by atoms with Crippen molar-refractivity contribution < 1.29 is 13.5 Å². The van der Waals surface area contributed by atoms with Gasteiger partial charge in [-0.1, -0.05) is 6.07 Å². The van der Waals surface area contributed by atoms with E-state index in [1.807, 2.05) is 17.0 Å². The predicted molar refractivity (Wildman–Crippen MR) is 126 cm³/mol. The fraction of sp³-hybridized carbons (Fsp3) is 0.375. The molecule has 5 rings (SSSR count). The number of hydrogen-bond acceptors (Lipinski definition) is 7. The Balaban J connectivity index is 1.51. The van der Waals surface area contributed by atoms with Crippen LogP contribution in [0.15, 0.2) is 53.8 Å². The van der Waals surface area contributed by atoms with Crippen molar-refractivity contribution in [3.63, 3.8) is 0 Å². The molecule has 1 spiro atoms. The Morgan fingerprint density at radius 1 is 1.06 bits per heavy atom. The molecule has 1 aliphatic carbocycles. The SMILES string of the molecule is CN(C)S(=O)(=O)c1ccc2c(c1)N(c1ncc(-c3cc(C(C)(C)O)ccn3)cn1)CC21CC1. The van der Waals surface area contributed by atoms with E-state index in [1.54, 1.807) is 50.6 Å². The van der Waals surface area contributed by atoms with E-state index in [9.17, 15) is 13.5 Å². The van der Waals surface area contributed by atoms with Gasteiger partial charge in [-0.3, -0.25) is 4.98 Å². The Labute approximate surface area is 194 Å². The maximum Gasteiger partial charge on any atom is 0.242 e. The molecule has 3 aromatic rings. The van der Waals surface area contributed by atoms with E-state index in [0.717, 1.165) is 41.8 Å². The van der Waals surface area contributed by atoms with Crippen LogP contribution in [0.4, 0.5) is 11.6 Å². The summed E-state index contributed by atoms with van der Waals surface area (Å²) in [4.78, 5) is 15.9. The highest BCUT2D eigenvalue weighted by molar-refractivity contribution is 7.89. The second kappa shape index (κ2) is 7.31. The third kappa shape index (κ3) is 3.70. The molecule has 0 saturated heterocycles. The van der Waals surface area contributed by atoms with Crippen molar-refractivity contribution in [1.82, 2.24) is 19.3 Å². The number of aliphatic hydroxyl groups is 1. The molecule has 0 unspecified atom stereocenters. The maximum atomic E-state index is 12.7. The van der Waals surface area contributed by atoms with Crippen molar-refractivity contribution >= 4 is 21.7 Å². The summed E-state index contributed by atoms with van der Waals surface area (Å²) in [7, 11) is -0.476. The lowest BCUT2D eigenvalue weighted by molar-refractivity contribution is 0.0785. The van der Waals surface area contributed by atoms with E-state index in [-0.39, 0.29) is 10.3 Å². The molecule has 2 aliphatic rings. The first-order chi connectivity index (χ1) is 15.5. The van der Waals surface area contributed by atoms with Gasteiger partial charge in [0.25, 0.3) is 0 Å². The van der Waals surface area contributed by atoms with Crippen molar-refractivity contribution in [2.45, 2.75) is 42.6 Å². The van der Waals surface area contributed by atoms with Crippen LogP contribution in [0.3, 0.4) is 0 Å². The first-order valence-corrected chi connectivity index (χ1v) is 12.3. The van der Waals surface area contributed by atoms with E-state index in [1.165, 1.54) is 18.4 Å². The Morgan fingerprint density at radius 3 is 2.36 bits per heavy atom. The molecule has 1 aromatic carbocycles. The van der Waals surface area contributed by atoms with Gasteiger partial charge in [-0.15, -0.1) is 0 Å². The number of nitrogens with zero attached hydrogens (tertiary/aromatic N) is 5. The van der Waals surface area contributed by atoms with Gasteiger partial charge in [-0.25, -0.2) is 22.7 Å². The molecule has 0 atom stereocenters. The maximum absolute atomic E-state index is 12.7. The number of pyridine rings is 1. The van der Waals surface area contributed by atoms with Crippen LogP contribution in [-0.4, -0.2) is 53.4 Å². The summed E-state index contributed by atoms with van der Waals surface area (Å²) in [5.74, 6) is 0.529. The second-order valence-corrected chi connectivity index (χ2v) is 11.7. The Morgan fingerprint density at radius 2 is 1.76 bits per heavy atom. The van der Waals surface area contributed by atoms with Crippen LogP contribution in [0.2, 0.25) is 0 Å². The minimum atomic E-state index is -3.54. The number of rotatable bonds is 5. The van der Waals surface area contributed by atoms with Gasteiger partial charge in [0.1, 0.15) is 0 Å². The van der Waals surface area contributed by atoms with Crippen LogP contribution in [-0.2, 0) is 21.0 Å². The largest absolute Gasteiger partial charge is 0.386 e. The van der Waals surface area contributed by atoms with Gasteiger partial charge in [-0.2, -0.15) is 0 Å². The summed E-state index contributed by atoms with van der Waals surface area (Å²) in [6, 6.07) is 9.00. The molecule has 3 heterocycles. The molecule has 0 amide bonds. The monoisotopic (exact) mass is 465 g/mol. The van der Waals surface area contributed by atoms with E-state index in [2.05, 4.69) is 15.0 Å². The highest BCUT2D eigenvalue weighted by Crippen LogP contribution is 2.58. The smallest absolute Gasteiger partial charge is 0.242 e. The Hall–Kier alpha value is -2.88. The topological polar surface area (TPSA) is 99.5 Å². The molecular weight excluding hydrogens is 438 g/mol. The van der Waals surface area contributed by atoms with Gasteiger partial charge in [0.15, 0.2) is 0 Å². The summed E-state index contributed by atoms with van der Waals surface area (Å²) < 4.78 is 26.6. The summed E-state index contributed by atoms with van der Waals surface area (Å²) in [6.45, 7) is 4.20. The third-order valence-corrected chi connectivity index (χ3v) is 8.38. The van der Waals surface area contributed by atoms with Gasteiger partial charge >= 0.3 is 0 Å². The molecule has 0 radical (unpaired) electrons. The number of sulfonamides is 1. The highest BCUT2D eigenvalue weighted by Gasteiger charge is 2.52. The van der Waals surface area contributed by atoms with E-state index in [0.29, 0.717) is 11.6 Å². The lowest BCUT2D eigenvalue weighted by Gasteiger charge is -2.19. The van der Waals surface area contributed by atoms with Gasteiger partial charge in [0.2, 0.25) is 16.0 Å². The zero-order chi connectivity index (χ0) is 23.6. The first kappa shape index (κ1) is 21.9. The van der Waals surface area contributed by atoms with Gasteiger partial charge < -0.3 is 10.0 Å². The van der Waals surface area contributed by atoms with Crippen molar-refractivity contribution in [1.29, 1.82) is 0 Å². The van der Waals surface area contributed by atoms with Crippen LogP contribution < -0.4 is 4.90 Å². The summed E-state index contributed by atoms with van der Waals surface area (Å²) in [5, 5.41) is 10.3. The third-order valence-electron chi connectivity index (χ3n) is 6.57. The van der Waals surface area contributed by atoms with Crippen LogP contribution >= 0.6 is 0 Å². The Kier molecular flexibility index (Phi) is 4.86. The summed E-state index contributed by atoms with van der Waals surface area (Å²) >= 11 is 0. The summed E-state index contributed by atoms with van der Waals surface area (Å²) in [5.41, 5.74) is 3.28. The molecule has 2 aromatic heterocycles. The molecule has 9 heteroatoms. The highest BCUT2D eigenvalue weighted by atomic mass is 32.2. The van der Waals surface area contributed by atoms with E-state index >= 15 is 0 Å². The first-order valence-electron chi connectivity index (χ1n) is 10.9. The average Bonchev–Trinajstić information content (AvgIpc) is 3.49. The van der Waals surface area contributed by atoms with Crippen molar-refractivity contribution in [2.24, 2.45) is 0 Å². The molecule has 1 N–H and O–H groups in total. The van der Waals surface area contributed by atoms with E-state index in [4.69, 9.17) is 0 Å². The molecule has 1 saturated carbocycles. The average molecular weight is 466 g/mol.